The van der Waals surface area contributed by atoms with Crippen molar-refractivity contribution in [2.45, 2.75) is 11.8 Å². The quantitative estimate of drug-likeness (QED) is 0.155. The van der Waals surface area contributed by atoms with Gasteiger partial charge in [-0.2, -0.15) is 5.10 Å². The number of hydrazone groups is 1. The predicted molar refractivity (Wildman–Crippen MR) is 145 cm³/mol. The summed E-state index contributed by atoms with van der Waals surface area (Å²) in [4.78, 5) is 24.1. The van der Waals surface area contributed by atoms with Crippen molar-refractivity contribution in [1.29, 1.82) is 0 Å². The summed E-state index contributed by atoms with van der Waals surface area (Å²) >= 11 is 5.92. The van der Waals surface area contributed by atoms with Crippen LogP contribution in [-0.2, 0) is 19.6 Å². The fraction of sp³-hybridized carbons (Fsp3) is 0.192. The second kappa shape index (κ2) is 13.5. The fourth-order valence-electron chi connectivity index (χ4n) is 3.25. The van der Waals surface area contributed by atoms with E-state index in [0.717, 1.165) is 4.31 Å². The van der Waals surface area contributed by atoms with Crippen molar-refractivity contribution in [2.24, 2.45) is 5.10 Å². The number of methoxy groups -OCH3 is 2. The minimum Gasteiger partial charge on any atom is -0.494 e. The smallest absolute Gasteiger partial charge is 0.494 e. The van der Waals surface area contributed by atoms with Crippen molar-refractivity contribution in [3.05, 3.63) is 77.3 Å². The molecule has 0 aliphatic carbocycles. The molecule has 0 fully saturated rings. The van der Waals surface area contributed by atoms with Gasteiger partial charge in [0.2, 0.25) is 0 Å². The maximum Gasteiger partial charge on any atom is 0.513 e. The zero-order valence-electron chi connectivity index (χ0n) is 21.3. The number of nitrogens with zero attached hydrogens (tertiary/aromatic N) is 2. The zero-order valence-corrected chi connectivity index (χ0v) is 22.9. The molecule has 3 aromatic rings. The summed E-state index contributed by atoms with van der Waals surface area (Å²) in [7, 11) is -1.58. The van der Waals surface area contributed by atoms with Crippen LogP contribution >= 0.6 is 11.6 Å². The highest BCUT2D eigenvalue weighted by atomic mass is 35.5. The van der Waals surface area contributed by atoms with E-state index in [-0.39, 0.29) is 22.1 Å². The van der Waals surface area contributed by atoms with Crippen LogP contribution in [0.2, 0.25) is 5.02 Å². The van der Waals surface area contributed by atoms with Crippen LogP contribution in [0.5, 0.6) is 17.2 Å². The first-order valence-electron chi connectivity index (χ1n) is 11.4. The lowest BCUT2D eigenvalue weighted by Crippen LogP contribution is -2.39. The molecule has 206 valence electrons. The highest BCUT2D eigenvalue weighted by Gasteiger charge is 2.27. The Kier molecular flexibility index (Phi) is 10.1. The molecule has 3 aromatic carbocycles. The van der Waals surface area contributed by atoms with Crippen LogP contribution in [0.25, 0.3) is 0 Å². The Morgan fingerprint density at radius 3 is 2.31 bits per heavy atom. The van der Waals surface area contributed by atoms with Gasteiger partial charge in [0.1, 0.15) is 12.3 Å². The summed E-state index contributed by atoms with van der Waals surface area (Å²) < 4.78 is 48.0. The Hall–Kier alpha value is -4.29. The molecule has 0 aliphatic rings. The van der Waals surface area contributed by atoms with Crippen molar-refractivity contribution in [2.75, 3.05) is 31.7 Å². The predicted octanol–water partition coefficient (Wildman–Crippen LogP) is 4.24. The average Bonchev–Trinajstić information content (AvgIpc) is 2.93. The van der Waals surface area contributed by atoms with Gasteiger partial charge >= 0.3 is 6.16 Å². The number of halogens is 1. The molecule has 0 radical (unpaired) electrons. The number of carbonyl (C=O) groups excluding carboxylic acids is 2. The van der Waals surface area contributed by atoms with Gasteiger partial charge in [0.25, 0.3) is 15.9 Å². The van der Waals surface area contributed by atoms with Gasteiger partial charge in [-0.3, -0.25) is 9.10 Å². The number of amides is 1. The van der Waals surface area contributed by atoms with Crippen LogP contribution in [-0.4, -0.2) is 54.1 Å². The summed E-state index contributed by atoms with van der Waals surface area (Å²) in [6.45, 7) is 1.71. The Labute approximate surface area is 230 Å². The molecule has 0 bridgehead atoms. The molecule has 0 heterocycles. The second-order valence-corrected chi connectivity index (χ2v) is 9.95. The van der Waals surface area contributed by atoms with Gasteiger partial charge in [0, 0.05) is 5.02 Å². The van der Waals surface area contributed by atoms with Crippen molar-refractivity contribution in [3.63, 3.8) is 0 Å². The van der Waals surface area contributed by atoms with E-state index < -0.39 is 28.6 Å². The third-order valence-electron chi connectivity index (χ3n) is 5.08. The van der Waals surface area contributed by atoms with E-state index in [1.165, 1.54) is 56.8 Å². The van der Waals surface area contributed by atoms with Crippen molar-refractivity contribution in [1.82, 2.24) is 5.43 Å². The summed E-state index contributed by atoms with van der Waals surface area (Å²) in [6, 6.07) is 16.5. The molecule has 39 heavy (non-hydrogen) atoms. The highest BCUT2D eigenvalue weighted by Crippen LogP contribution is 2.28. The molecule has 1 N–H and O–H groups in total. The van der Waals surface area contributed by atoms with Crippen LogP contribution in [0, 0.1) is 0 Å². The molecule has 0 atom stereocenters. The van der Waals surface area contributed by atoms with Crippen molar-refractivity contribution >= 4 is 45.6 Å². The molecule has 1 amide bonds. The number of nitrogens with one attached hydrogen (secondary N) is 1. The molecule has 13 heteroatoms. The van der Waals surface area contributed by atoms with Crippen LogP contribution < -0.4 is 23.9 Å². The lowest BCUT2D eigenvalue weighted by Gasteiger charge is -2.24. The molecule has 0 aliphatic heterocycles. The normalized spacial score (nSPS) is 11.1. The third-order valence-corrected chi connectivity index (χ3v) is 7.12. The number of ether oxygens (including phenoxy) is 4. The molecule has 0 unspecified atom stereocenters. The SMILES string of the molecule is CCOc1ccc(N(CC(=O)N/N=C\c2ccc(OC(=O)OC)c(OC)c2)S(=O)(=O)c2ccc(Cl)cc2)cc1. The number of sulfonamides is 1. The summed E-state index contributed by atoms with van der Waals surface area (Å²) in [5.41, 5.74) is 3.07. The van der Waals surface area contributed by atoms with E-state index in [1.807, 2.05) is 6.92 Å². The zero-order chi connectivity index (χ0) is 28.4. The minimum absolute atomic E-state index is 0.0431. The molecule has 0 saturated heterocycles. The van der Waals surface area contributed by atoms with E-state index in [9.17, 15) is 18.0 Å². The molecule has 0 aromatic heterocycles. The summed E-state index contributed by atoms with van der Waals surface area (Å²) in [5.74, 6) is 0.211. The van der Waals surface area contributed by atoms with Gasteiger partial charge in [-0.05, 0) is 79.2 Å². The number of anilines is 1. The maximum absolute atomic E-state index is 13.5. The molecular formula is C26H26ClN3O8S. The molecule has 11 nitrogen and oxygen atoms in total. The Balaban J connectivity index is 1.79. The molecule has 0 saturated carbocycles. The molecule has 0 spiro atoms. The maximum atomic E-state index is 13.5. The van der Waals surface area contributed by atoms with E-state index in [2.05, 4.69) is 15.3 Å². The number of benzene rings is 3. The first kappa shape index (κ1) is 29.3. The van der Waals surface area contributed by atoms with Gasteiger partial charge in [0.05, 0.1) is 37.6 Å². The average molecular weight is 576 g/mol. The topological polar surface area (TPSA) is 133 Å². The summed E-state index contributed by atoms with van der Waals surface area (Å²) in [6.07, 6.45) is 0.407. The minimum atomic E-state index is -4.14. The number of rotatable bonds is 11. The highest BCUT2D eigenvalue weighted by molar-refractivity contribution is 7.92. The number of hydrogen-bond donors (Lipinski definition) is 1. The fourth-order valence-corrected chi connectivity index (χ4v) is 4.80. The standard InChI is InChI=1S/C26H26ClN3O8S/c1-4-37-21-10-8-20(9-11-21)30(39(33,34)22-12-6-19(27)7-13-22)17-25(31)29-28-16-18-5-14-23(24(15-18)35-2)38-26(32)36-3/h5-16H,4,17H2,1-3H3,(H,29,31)/b28-16-. The lowest BCUT2D eigenvalue weighted by molar-refractivity contribution is -0.119. The van der Waals surface area contributed by atoms with Gasteiger partial charge in [0.15, 0.2) is 11.5 Å². The monoisotopic (exact) mass is 575 g/mol. The van der Waals surface area contributed by atoms with Crippen molar-refractivity contribution in [3.8, 4) is 17.2 Å². The molecular weight excluding hydrogens is 550 g/mol. The second-order valence-electron chi connectivity index (χ2n) is 7.65. The Morgan fingerprint density at radius 2 is 1.69 bits per heavy atom. The van der Waals surface area contributed by atoms with Crippen molar-refractivity contribution < 1.29 is 37.0 Å². The Bertz CT molecular complexity index is 1430. The Morgan fingerprint density at radius 1 is 1.00 bits per heavy atom. The largest absolute Gasteiger partial charge is 0.513 e. The van der Waals surface area contributed by atoms with Crippen LogP contribution in [0.15, 0.2) is 76.7 Å². The lowest BCUT2D eigenvalue weighted by atomic mass is 10.2. The van der Waals surface area contributed by atoms with Crippen LogP contribution in [0.4, 0.5) is 10.5 Å². The van der Waals surface area contributed by atoms with E-state index in [1.54, 1.807) is 30.3 Å². The van der Waals surface area contributed by atoms with E-state index in [0.29, 0.717) is 22.9 Å². The van der Waals surface area contributed by atoms with E-state index >= 15 is 0 Å². The van der Waals surface area contributed by atoms with E-state index in [4.69, 9.17) is 25.8 Å². The van der Waals surface area contributed by atoms with Crippen LogP contribution in [0.3, 0.4) is 0 Å². The molecule has 3 rings (SSSR count). The van der Waals surface area contributed by atoms with Crippen LogP contribution in [0.1, 0.15) is 12.5 Å². The summed E-state index contributed by atoms with van der Waals surface area (Å²) in [5, 5.41) is 4.27. The van der Waals surface area contributed by atoms with Gasteiger partial charge in [-0.1, -0.05) is 11.6 Å². The third kappa shape index (κ3) is 7.85. The van der Waals surface area contributed by atoms with Gasteiger partial charge < -0.3 is 18.9 Å². The van der Waals surface area contributed by atoms with Gasteiger partial charge in [-0.15, -0.1) is 0 Å². The first-order chi connectivity index (χ1) is 18.7. The first-order valence-corrected chi connectivity index (χ1v) is 13.3. The number of carbonyl (C=O) groups is 2. The number of hydrogen-bond acceptors (Lipinski definition) is 9. The van der Waals surface area contributed by atoms with Gasteiger partial charge in [-0.25, -0.2) is 18.6 Å².